The van der Waals surface area contributed by atoms with Crippen LogP contribution in [0.4, 0.5) is 4.79 Å². The normalized spacial score (nSPS) is 15.3. The zero-order chi connectivity index (χ0) is 19.5. The molecule has 1 fully saturated rings. The number of thiazole rings is 1. The van der Waals surface area contributed by atoms with Gasteiger partial charge in [-0.15, -0.1) is 11.3 Å². The number of hydrogen-bond donors (Lipinski definition) is 2. The fraction of sp³-hybridized carbons (Fsp3) is 0.500. The van der Waals surface area contributed by atoms with Crippen molar-refractivity contribution in [2.45, 2.75) is 45.8 Å². The number of nitrogens with two attached hydrogens (primary N) is 1. The number of hydrogen-bond acceptors (Lipinski definition) is 6. The van der Waals surface area contributed by atoms with E-state index in [4.69, 9.17) is 15.2 Å². The van der Waals surface area contributed by atoms with Gasteiger partial charge in [-0.25, -0.2) is 9.78 Å². The molecule has 6 nitrogen and oxygen atoms in total. The third-order valence-electron chi connectivity index (χ3n) is 4.40. The molecule has 1 aromatic carbocycles. The van der Waals surface area contributed by atoms with E-state index < -0.39 is 11.7 Å². The largest absolute Gasteiger partial charge is 0.493 e. The highest BCUT2D eigenvalue weighted by atomic mass is 32.1. The van der Waals surface area contributed by atoms with Gasteiger partial charge in [-0.05, 0) is 57.9 Å². The van der Waals surface area contributed by atoms with Crippen LogP contribution in [0, 0.1) is 5.41 Å². The highest BCUT2D eigenvalue weighted by Crippen LogP contribution is 2.44. The first-order valence-electron chi connectivity index (χ1n) is 9.13. The molecule has 0 atom stereocenters. The Labute approximate surface area is 164 Å². The SMILES string of the molecule is CC(C)(C)OC(=O)NCc1cnc(-c2ccc(OCC3(CN)CC3)cc2)s1. The molecule has 1 aromatic heterocycles. The lowest BCUT2D eigenvalue weighted by Crippen LogP contribution is -2.31. The van der Waals surface area contributed by atoms with Crippen LogP contribution in [0.25, 0.3) is 10.6 Å². The Balaban J connectivity index is 1.52. The average molecular weight is 390 g/mol. The lowest BCUT2D eigenvalue weighted by atomic mass is 10.1. The van der Waals surface area contributed by atoms with Gasteiger partial charge in [-0.1, -0.05) is 0 Å². The van der Waals surface area contributed by atoms with Gasteiger partial charge in [-0.3, -0.25) is 0 Å². The van der Waals surface area contributed by atoms with Crippen LogP contribution in [0.15, 0.2) is 30.5 Å². The number of benzene rings is 1. The fourth-order valence-electron chi connectivity index (χ4n) is 2.51. The van der Waals surface area contributed by atoms with Gasteiger partial charge in [0.1, 0.15) is 16.4 Å². The van der Waals surface area contributed by atoms with Crippen molar-refractivity contribution in [3.8, 4) is 16.3 Å². The summed E-state index contributed by atoms with van der Waals surface area (Å²) in [4.78, 5) is 17.1. The van der Waals surface area contributed by atoms with E-state index in [1.165, 1.54) is 0 Å². The van der Waals surface area contributed by atoms with Crippen LogP contribution >= 0.6 is 11.3 Å². The molecule has 0 unspecified atom stereocenters. The number of amides is 1. The number of rotatable bonds is 7. The van der Waals surface area contributed by atoms with Crippen molar-refractivity contribution in [2.75, 3.05) is 13.2 Å². The Bertz CT molecular complexity index is 777. The molecule has 3 rings (SSSR count). The number of nitrogens with one attached hydrogen (secondary N) is 1. The molecule has 146 valence electrons. The summed E-state index contributed by atoms with van der Waals surface area (Å²) in [5.74, 6) is 0.849. The van der Waals surface area contributed by atoms with E-state index in [-0.39, 0.29) is 5.41 Å². The molecule has 1 aliphatic rings. The summed E-state index contributed by atoms with van der Waals surface area (Å²) in [6, 6.07) is 7.92. The van der Waals surface area contributed by atoms with Crippen molar-refractivity contribution in [2.24, 2.45) is 11.1 Å². The first kappa shape index (κ1) is 19.6. The van der Waals surface area contributed by atoms with Crippen molar-refractivity contribution in [3.05, 3.63) is 35.3 Å². The summed E-state index contributed by atoms with van der Waals surface area (Å²) in [5, 5.41) is 3.66. The number of carbonyl (C=O) groups excluding carboxylic acids is 1. The molecule has 0 saturated heterocycles. The molecular weight excluding hydrogens is 362 g/mol. The Kier molecular flexibility index (Phi) is 5.72. The van der Waals surface area contributed by atoms with Crippen molar-refractivity contribution < 1.29 is 14.3 Å². The highest BCUT2D eigenvalue weighted by Gasteiger charge is 2.42. The maximum atomic E-state index is 11.7. The summed E-state index contributed by atoms with van der Waals surface area (Å²) in [7, 11) is 0. The Hall–Kier alpha value is -2.12. The van der Waals surface area contributed by atoms with Crippen LogP contribution in [0.1, 0.15) is 38.5 Å². The van der Waals surface area contributed by atoms with Gasteiger partial charge in [0.15, 0.2) is 0 Å². The molecule has 1 heterocycles. The van der Waals surface area contributed by atoms with Crippen molar-refractivity contribution in [3.63, 3.8) is 0 Å². The second kappa shape index (κ2) is 7.86. The van der Waals surface area contributed by atoms with Crippen LogP contribution in [0.5, 0.6) is 5.75 Å². The minimum atomic E-state index is -0.504. The van der Waals surface area contributed by atoms with Crippen LogP contribution in [0.3, 0.4) is 0 Å². The number of alkyl carbamates (subject to hydrolysis) is 1. The maximum absolute atomic E-state index is 11.7. The molecule has 2 aromatic rings. The van der Waals surface area contributed by atoms with Crippen molar-refractivity contribution in [1.29, 1.82) is 0 Å². The molecule has 0 bridgehead atoms. The minimum absolute atomic E-state index is 0.198. The first-order chi connectivity index (χ1) is 12.8. The van der Waals surface area contributed by atoms with E-state index >= 15 is 0 Å². The third-order valence-corrected chi connectivity index (χ3v) is 5.44. The van der Waals surface area contributed by atoms with Crippen molar-refractivity contribution in [1.82, 2.24) is 10.3 Å². The van der Waals surface area contributed by atoms with Gasteiger partial charge < -0.3 is 20.5 Å². The van der Waals surface area contributed by atoms with Crippen LogP contribution in [-0.2, 0) is 11.3 Å². The predicted octanol–water partition coefficient (Wildman–Crippen LogP) is 3.95. The topological polar surface area (TPSA) is 86.5 Å². The van der Waals surface area contributed by atoms with Gasteiger partial charge in [0.25, 0.3) is 0 Å². The van der Waals surface area contributed by atoms with Crippen LogP contribution in [-0.4, -0.2) is 29.8 Å². The van der Waals surface area contributed by atoms with Gasteiger partial charge in [0.05, 0.1) is 13.2 Å². The highest BCUT2D eigenvalue weighted by molar-refractivity contribution is 7.15. The predicted molar refractivity (Wildman–Crippen MR) is 107 cm³/mol. The average Bonchev–Trinajstić information content (AvgIpc) is 3.25. The van der Waals surface area contributed by atoms with E-state index in [1.54, 1.807) is 17.5 Å². The molecule has 1 aliphatic carbocycles. The quantitative estimate of drug-likeness (QED) is 0.749. The summed E-state index contributed by atoms with van der Waals surface area (Å²) in [6.45, 7) is 7.28. The second-order valence-electron chi connectivity index (χ2n) is 8.00. The van der Waals surface area contributed by atoms with Crippen LogP contribution in [0.2, 0.25) is 0 Å². The van der Waals surface area contributed by atoms with E-state index in [9.17, 15) is 4.79 Å². The lowest BCUT2D eigenvalue weighted by Gasteiger charge is -2.19. The van der Waals surface area contributed by atoms with E-state index in [0.717, 1.165) is 34.0 Å². The molecule has 0 radical (unpaired) electrons. The minimum Gasteiger partial charge on any atom is -0.493 e. The smallest absolute Gasteiger partial charge is 0.407 e. The van der Waals surface area contributed by atoms with Gasteiger partial charge in [0.2, 0.25) is 0 Å². The van der Waals surface area contributed by atoms with Crippen molar-refractivity contribution >= 4 is 17.4 Å². The summed E-state index contributed by atoms with van der Waals surface area (Å²) < 4.78 is 11.1. The van der Waals surface area contributed by atoms with E-state index in [0.29, 0.717) is 19.7 Å². The van der Waals surface area contributed by atoms with E-state index in [2.05, 4.69) is 10.3 Å². The number of ether oxygens (including phenoxy) is 2. The zero-order valence-electron chi connectivity index (χ0n) is 16.1. The Morgan fingerprint density at radius 1 is 1.30 bits per heavy atom. The Morgan fingerprint density at radius 2 is 2.00 bits per heavy atom. The van der Waals surface area contributed by atoms with Gasteiger partial charge >= 0.3 is 6.09 Å². The maximum Gasteiger partial charge on any atom is 0.407 e. The molecular formula is C20H27N3O3S. The Morgan fingerprint density at radius 3 is 2.59 bits per heavy atom. The summed E-state index contributed by atoms with van der Waals surface area (Å²) in [6.07, 6.45) is 3.66. The monoisotopic (exact) mass is 389 g/mol. The van der Waals surface area contributed by atoms with Gasteiger partial charge in [0, 0.05) is 28.6 Å². The third kappa shape index (κ3) is 5.68. The van der Waals surface area contributed by atoms with Crippen LogP contribution < -0.4 is 15.8 Å². The molecule has 27 heavy (non-hydrogen) atoms. The zero-order valence-corrected chi connectivity index (χ0v) is 16.9. The number of nitrogens with zero attached hydrogens (tertiary/aromatic N) is 1. The standard InChI is InChI=1S/C20H27N3O3S/c1-19(2,3)26-18(24)23-11-16-10-22-17(27-16)14-4-6-15(7-5-14)25-13-20(12-21)8-9-20/h4-7,10H,8-9,11-13,21H2,1-3H3,(H,23,24). The molecule has 3 N–H and O–H groups in total. The summed E-state index contributed by atoms with van der Waals surface area (Å²) in [5.41, 5.74) is 6.51. The fourth-order valence-corrected chi connectivity index (χ4v) is 3.37. The van der Waals surface area contributed by atoms with Gasteiger partial charge in [-0.2, -0.15) is 0 Å². The number of aromatic nitrogens is 1. The second-order valence-corrected chi connectivity index (χ2v) is 9.12. The molecule has 0 aliphatic heterocycles. The number of carbonyl (C=O) groups is 1. The first-order valence-corrected chi connectivity index (χ1v) is 9.95. The molecule has 0 spiro atoms. The molecule has 7 heteroatoms. The molecule has 1 amide bonds. The van der Waals surface area contributed by atoms with E-state index in [1.807, 2.05) is 45.0 Å². The summed E-state index contributed by atoms with van der Waals surface area (Å²) >= 11 is 1.54. The molecule has 1 saturated carbocycles. The lowest BCUT2D eigenvalue weighted by molar-refractivity contribution is 0.0524.